The Hall–Kier alpha value is -2.67. The molecule has 1 aromatic carbocycles. The van der Waals surface area contributed by atoms with E-state index in [9.17, 15) is 4.79 Å². The first-order chi connectivity index (χ1) is 12.5. The molecule has 0 bridgehead atoms. The van der Waals surface area contributed by atoms with E-state index in [1.54, 1.807) is 20.4 Å². The summed E-state index contributed by atoms with van der Waals surface area (Å²) < 4.78 is 16.1. The number of rotatable bonds is 5. The largest absolute Gasteiger partial charge is 0.497 e. The van der Waals surface area contributed by atoms with E-state index in [1.807, 2.05) is 42.2 Å². The molecule has 1 aliphatic rings. The molecule has 0 aliphatic carbocycles. The van der Waals surface area contributed by atoms with Crippen LogP contribution in [0.2, 0.25) is 0 Å². The standard InChI is InChI=1S/C19H23N3O4/c1-13-20-10-9-17(21-13)22-11-16(14-5-7-15(24-2)8-6-14)19(12-22,26-4)18(23)25-3/h5-10,16H,11-12H2,1-4H3/t16-,19-/m0/s1. The summed E-state index contributed by atoms with van der Waals surface area (Å²) in [5.74, 6) is 1.60. The highest BCUT2D eigenvalue weighted by Gasteiger charge is 2.54. The second-order valence-electron chi connectivity index (χ2n) is 6.25. The summed E-state index contributed by atoms with van der Waals surface area (Å²) in [6, 6.07) is 9.50. The minimum absolute atomic E-state index is 0.207. The van der Waals surface area contributed by atoms with E-state index in [0.29, 0.717) is 18.9 Å². The number of carbonyl (C=O) groups is 1. The van der Waals surface area contributed by atoms with Gasteiger partial charge in [-0.3, -0.25) is 0 Å². The second-order valence-corrected chi connectivity index (χ2v) is 6.25. The lowest BCUT2D eigenvalue weighted by Crippen LogP contribution is -2.48. The van der Waals surface area contributed by atoms with Crippen LogP contribution < -0.4 is 9.64 Å². The summed E-state index contributed by atoms with van der Waals surface area (Å²) in [4.78, 5) is 23.3. The molecular weight excluding hydrogens is 334 g/mol. The molecule has 0 amide bonds. The number of esters is 1. The van der Waals surface area contributed by atoms with Gasteiger partial charge in [-0.05, 0) is 30.7 Å². The van der Waals surface area contributed by atoms with Crippen molar-refractivity contribution in [2.75, 3.05) is 39.3 Å². The zero-order valence-corrected chi connectivity index (χ0v) is 15.4. The average molecular weight is 357 g/mol. The van der Waals surface area contributed by atoms with Gasteiger partial charge in [0.2, 0.25) is 0 Å². The average Bonchev–Trinajstić information content (AvgIpc) is 3.08. The van der Waals surface area contributed by atoms with Crippen LogP contribution in [-0.2, 0) is 14.3 Å². The molecule has 0 radical (unpaired) electrons. The van der Waals surface area contributed by atoms with Gasteiger partial charge in [-0.2, -0.15) is 0 Å². The lowest BCUT2D eigenvalue weighted by atomic mass is 9.84. The number of aryl methyl sites for hydroxylation is 1. The maximum absolute atomic E-state index is 12.7. The Balaban J connectivity index is 2.01. The van der Waals surface area contributed by atoms with Crippen LogP contribution in [0.1, 0.15) is 17.3 Å². The molecule has 0 unspecified atom stereocenters. The number of benzene rings is 1. The molecule has 3 rings (SSSR count). The van der Waals surface area contributed by atoms with Gasteiger partial charge in [0.1, 0.15) is 17.4 Å². The van der Waals surface area contributed by atoms with Crippen molar-refractivity contribution >= 4 is 11.8 Å². The van der Waals surface area contributed by atoms with Crippen LogP contribution in [0, 0.1) is 6.92 Å². The van der Waals surface area contributed by atoms with Crippen molar-refractivity contribution < 1.29 is 19.0 Å². The van der Waals surface area contributed by atoms with Crippen molar-refractivity contribution in [1.29, 1.82) is 0 Å². The molecule has 7 heteroatoms. The Morgan fingerprint density at radius 1 is 1.19 bits per heavy atom. The van der Waals surface area contributed by atoms with Crippen molar-refractivity contribution in [3.8, 4) is 5.75 Å². The SMILES string of the molecule is COC(=O)[C@]1(OC)CN(c2ccnc(C)n2)C[C@H]1c1ccc(OC)cc1. The van der Waals surface area contributed by atoms with Gasteiger partial charge in [0.05, 0.1) is 20.8 Å². The molecule has 2 aromatic rings. The van der Waals surface area contributed by atoms with Crippen molar-refractivity contribution in [2.24, 2.45) is 0 Å². The van der Waals surface area contributed by atoms with Gasteiger partial charge in [-0.25, -0.2) is 14.8 Å². The Kier molecular flexibility index (Phi) is 5.08. The summed E-state index contributed by atoms with van der Waals surface area (Å²) in [5, 5.41) is 0. The third kappa shape index (κ3) is 3.10. The summed E-state index contributed by atoms with van der Waals surface area (Å²) in [5.41, 5.74) is -0.131. The summed E-state index contributed by atoms with van der Waals surface area (Å²) in [7, 11) is 4.55. The predicted octanol–water partition coefficient (Wildman–Crippen LogP) is 1.96. The maximum atomic E-state index is 12.7. The number of nitrogens with zero attached hydrogens (tertiary/aromatic N) is 3. The number of anilines is 1. The molecule has 1 aliphatic heterocycles. The van der Waals surface area contributed by atoms with Gasteiger partial charge in [0.15, 0.2) is 5.60 Å². The lowest BCUT2D eigenvalue weighted by Gasteiger charge is -2.30. The Bertz CT molecular complexity index is 781. The molecule has 0 saturated carbocycles. The Labute approximate surface area is 152 Å². The van der Waals surface area contributed by atoms with Crippen molar-refractivity contribution in [3.05, 3.63) is 47.9 Å². The summed E-state index contributed by atoms with van der Waals surface area (Å²) >= 11 is 0. The van der Waals surface area contributed by atoms with Crippen LogP contribution in [0.5, 0.6) is 5.75 Å². The number of methoxy groups -OCH3 is 3. The fourth-order valence-electron chi connectivity index (χ4n) is 3.50. The van der Waals surface area contributed by atoms with Gasteiger partial charge >= 0.3 is 5.97 Å². The van der Waals surface area contributed by atoms with Gasteiger partial charge < -0.3 is 19.1 Å². The minimum Gasteiger partial charge on any atom is -0.497 e. The van der Waals surface area contributed by atoms with E-state index in [4.69, 9.17) is 14.2 Å². The first-order valence-electron chi connectivity index (χ1n) is 8.36. The molecule has 1 saturated heterocycles. The third-order valence-electron chi connectivity index (χ3n) is 4.89. The first kappa shape index (κ1) is 18.1. The van der Waals surface area contributed by atoms with Crippen LogP contribution in [0.15, 0.2) is 36.5 Å². The van der Waals surface area contributed by atoms with Crippen molar-refractivity contribution in [3.63, 3.8) is 0 Å². The summed E-state index contributed by atoms with van der Waals surface area (Å²) in [6.07, 6.45) is 1.71. The van der Waals surface area contributed by atoms with Gasteiger partial charge in [0, 0.05) is 25.8 Å². The zero-order chi connectivity index (χ0) is 18.7. The fourth-order valence-corrected chi connectivity index (χ4v) is 3.50. The number of ether oxygens (including phenoxy) is 3. The monoisotopic (exact) mass is 357 g/mol. The van der Waals surface area contributed by atoms with E-state index >= 15 is 0 Å². The molecular formula is C19H23N3O4. The number of carbonyl (C=O) groups excluding carboxylic acids is 1. The van der Waals surface area contributed by atoms with E-state index in [0.717, 1.165) is 17.1 Å². The van der Waals surface area contributed by atoms with E-state index in [1.165, 1.54) is 7.11 Å². The summed E-state index contributed by atoms with van der Waals surface area (Å²) in [6.45, 7) is 2.76. The molecule has 0 spiro atoms. The number of aromatic nitrogens is 2. The lowest BCUT2D eigenvalue weighted by molar-refractivity contribution is -0.165. The molecule has 26 heavy (non-hydrogen) atoms. The van der Waals surface area contributed by atoms with Crippen LogP contribution in [0.4, 0.5) is 5.82 Å². The first-order valence-corrected chi connectivity index (χ1v) is 8.36. The van der Waals surface area contributed by atoms with Crippen molar-refractivity contribution in [2.45, 2.75) is 18.4 Å². The normalized spacial score (nSPS) is 22.3. The van der Waals surface area contributed by atoms with E-state index in [2.05, 4.69) is 9.97 Å². The van der Waals surface area contributed by atoms with Crippen LogP contribution in [-0.4, -0.2) is 56.0 Å². The number of hydrogen-bond donors (Lipinski definition) is 0. The van der Waals surface area contributed by atoms with Crippen LogP contribution in [0.3, 0.4) is 0 Å². The minimum atomic E-state index is -1.11. The highest BCUT2D eigenvalue weighted by molar-refractivity contribution is 5.83. The van der Waals surface area contributed by atoms with Crippen LogP contribution in [0.25, 0.3) is 0 Å². The Morgan fingerprint density at radius 2 is 1.92 bits per heavy atom. The smallest absolute Gasteiger partial charge is 0.340 e. The highest BCUT2D eigenvalue weighted by atomic mass is 16.6. The molecule has 0 N–H and O–H groups in total. The Morgan fingerprint density at radius 3 is 2.50 bits per heavy atom. The van der Waals surface area contributed by atoms with E-state index < -0.39 is 11.6 Å². The molecule has 138 valence electrons. The quantitative estimate of drug-likeness (QED) is 0.757. The molecule has 2 heterocycles. The third-order valence-corrected chi connectivity index (χ3v) is 4.89. The van der Waals surface area contributed by atoms with Crippen molar-refractivity contribution in [1.82, 2.24) is 9.97 Å². The van der Waals surface area contributed by atoms with Gasteiger partial charge in [-0.1, -0.05) is 12.1 Å². The topological polar surface area (TPSA) is 73.8 Å². The molecule has 2 atom stereocenters. The van der Waals surface area contributed by atoms with Crippen LogP contribution >= 0.6 is 0 Å². The maximum Gasteiger partial charge on any atom is 0.340 e. The number of hydrogen-bond acceptors (Lipinski definition) is 7. The zero-order valence-electron chi connectivity index (χ0n) is 15.4. The fraction of sp³-hybridized carbons (Fsp3) is 0.421. The predicted molar refractivity (Wildman–Crippen MR) is 96.5 cm³/mol. The van der Waals surface area contributed by atoms with E-state index in [-0.39, 0.29) is 5.92 Å². The molecule has 1 fully saturated rings. The molecule has 1 aromatic heterocycles. The van der Waals surface area contributed by atoms with Gasteiger partial charge in [-0.15, -0.1) is 0 Å². The highest BCUT2D eigenvalue weighted by Crippen LogP contribution is 2.41. The molecule has 7 nitrogen and oxygen atoms in total. The van der Waals surface area contributed by atoms with Gasteiger partial charge in [0.25, 0.3) is 0 Å². The second kappa shape index (κ2) is 7.29.